The molecule has 0 aliphatic carbocycles. The monoisotopic (exact) mass is 498 g/mol. The highest BCUT2D eigenvalue weighted by Crippen LogP contribution is 2.33. The average molecular weight is 499 g/mol. The largest absolute Gasteiger partial charge is 0.423 e. The van der Waals surface area contributed by atoms with Gasteiger partial charge in [0.1, 0.15) is 11.6 Å². The lowest BCUT2D eigenvalue weighted by atomic mass is 10.1. The fraction of sp³-hybridized carbons (Fsp3) is 0.0385. The Bertz CT molecular complexity index is 1390. The number of aliphatic imine (C=N–C) groups is 1. The van der Waals surface area contributed by atoms with Gasteiger partial charge in [-0.25, -0.2) is 9.69 Å². The minimum Gasteiger partial charge on any atom is -0.423 e. The standard InChI is InChI=1S/C26H18N4O3S2/c27-22-21(15-17-11-13-20(14-12-17)33-24(32)19-9-5-2-6-10-19)23(31)28-25-30(22)26(29-35-25)34-16-18-7-3-1-4-8-18/h1-15,27H,16H2/b21-15-,27-22?. The van der Waals surface area contributed by atoms with Crippen LogP contribution in [0.3, 0.4) is 0 Å². The third-order valence-electron chi connectivity index (χ3n) is 5.12. The van der Waals surface area contributed by atoms with Crippen LogP contribution in [0.5, 0.6) is 5.75 Å². The highest BCUT2D eigenvalue weighted by Gasteiger charge is 2.37. The molecular formula is C26H18N4O3S2. The highest BCUT2D eigenvalue weighted by molar-refractivity contribution is 8.18. The van der Waals surface area contributed by atoms with E-state index in [1.807, 2.05) is 36.4 Å². The lowest BCUT2D eigenvalue weighted by molar-refractivity contribution is -0.114. The third-order valence-corrected chi connectivity index (χ3v) is 6.94. The first-order chi connectivity index (χ1) is 17.1. The number of ether oxygens (including phenoxy) is 1. The lowest BCUT2D eigenvalue weighted by Gasteiger charge is -2.24. The van der Waals surface area contributed by atoms with E-state index in [0.29, 0.717) is 33.0 Å². The predicted octanol–water partition coefficient (Wildman–Crippen LogP) is 5.42. The molecule has 1 N–H and O–H groups in total. The van der Waals surface area contributed by atoms with E-state index in [0.717, 1.165) is 17.5 Å². The van der Waals surface area contributed by atoms with E-state index in [1.54, 1.807) is 59.5 Å². The van der Waals surface area contributed by atoms with Gasteiger partial charge in [0, 0.05) is 5.75 Å². The number of hydrogen-bond donors (Lipinski definition) is 1. The molecule has 2 heterocycles. The Morgan fingerprint density at radius 1 is 1.00 bits per heavy atom. The van der Waals surface area contributed by atoms with E-state index in [-0.39, 0.29) is 11.4 Å². The second kappa shape index (κ2) is 10.1. The van der Waals surface area contributed by atoms with Crippen molar-refractivity contribution in [2.45, 2.75) is 5.75 Å². The van der Waals surface area contributed by atoms with Crippen molar-refractivity contribution in [1.82, 2.24) is 4.90 Å². The van der Waals surface area contributed by atoms with Crippen LogP contribution >= 0.6 is 23.7 Å². The minimum atomic E-state index is -0.488. The molecule has 3 aromatic rings. The Kier molecular flexibility index (Phi) is 6.60. The molecule has 0 aromatic heterocycles. The summed E-state index contributed by atoms with van der Waals surface area (Å²) in [5.41, 5.74) is 2.44. The summed E-state index contributed by atoms with van der Waals surface area (Å²) in [4.78, 5) is 30.6. The number of carbonyl (C=O) groups is 2. The van der Waals surface area contributed by atoms with Crippen LogP contribution in [0.2, 0.25) is 0 Å². The number of amidine groups is 3. The molecule has 0 saturated carbocycles. The maximum absolute atomic E-state index is 12.6. The molecule has 0 spiro atoms. The molecule has 7 nitrogen and oxygen atoms in total. The van der Waals surface area contributed by atoms with Gasteiger partial charge >= 0.3 is 5.97 Å². The quantitative estimate of drug-likeness (QED) is 0.219. The molecule has 2 aliphatic rings. The zero-order valence-electron chi connectivity index (χ0n) is 18.3. The minimum absolute atomic E-state index is 0.0314. The molecule has 0 atom stereocenters. The van der Waals surface area contributed by atoms with Crippen molar-refractivity contribution in [3.05, 3.63) is 107 Å². The molecule has 0 saturated heterocycles. The van der Waals surface area contributed by atoms with Crippen molar-refractivity contribution in [2.75, 3.05) is 0 Å². The molecule has 1 amide bonds. The van der Waals surface area contributed by atoms with E-state index >= 15 is 0 Å². The number of rotatable bonds is 5. The molecule has 35 heavy (non-hydrogen) atoms. The fourth-order valence-electron chi connectivity index (χ4n) is 3.36. The Hall–Kier alpha value is -3.95. The normalized spacial score (nSPS) is 16.1. The van der Waals surface area contributed by atoms with Crippen LogP contribution in [0.15, 0.2) is 99.9 Å². The van der Waals surface area contributed by atoms with Crippen LogP contribution in [0, 0.1) is 5.41 Å². The van der Waals surface area contributed by atoms with Gasteiger partial charge in [-0.3, -0.25) is 10.2 Å². The summed E-state index contributed by atoms with van der Waals surface area (Å²) in [6, 6.07) is 25.4. The SMILES string of the molecule is N=C1/C(=C/c2ccc(OC(=O)c3ccccc3)cc2)C(=O)N=C2SN=C(SCc3ccccc3)N12. The van der Waals surface area contributed by atoms with E-state index in [9.17, 15) is 9.59 Å². The number of fused-ring (bicyclic) bond motifs is 1. The molecular weight excluding hydrogens is 480 g/mol. The third kappa shape index (κ3) is 5.11. The van der Waals surface area contributed by atoms with Crippen molar-refractivity contribution in [3.8, 4) is 5.75 Å². The smallest absolute Gasteiger partial charge is 0.343 e. The second-order valence-electron chi connectivity index (χ2n) is 7.51. The van der Waals surface area contributed by atoms with Crippen molar-refractivity contribution < 1.29 is 14.3 Å². The van der Waals surface area contributed by atoms with Gasteiger partial charge in [0.05, 0.1) is 23.1 Å². The molecule has 0 fully saturated rings. The summed E-state index contributed by atoms with van der Waals surface area (Å²) in [6.45, 7) is 0. The molecule has 0 bridgehead atoms. The van der Waals surface area contributed by atoms with Crippen LogP contribution in [-0.4, -0.2) is 32.9 Å². The average Bonchev–Trinajstić information content (AvgIpc) is 3.30. The van der Waals surface area contributed by atoms with Crippen molar-refractivity contribution in [1.29, 1.82) is 5.41 Å². The zero-order chi connectivity index (χ0) is 24.2. The van der Waals surface area contributed by atoms with Crippen LogP contribution in [0.4, 0.5) is 0 Å². The number of esters is 1. The van der Waals surface area contributed by atoms with Crippen LogP contribution in [-0.2, 0) is 10.5 Å². The summed E-state index contributed by atoms with van der Waals surface area (Å²) >= 11 is 2.59. The summed E-state index contributed by atoms with van der Waals surface area (Å²) < 4.78 is 9.81. The number of benzene rings is 3. The van der Waals surface area contributed by atoms with Crippen molar-refractivity contribution in [2.24, 2.45) is 9.39 Å². The number of nitrogens with zero attached hydrogens (tertiary/aromatic N) is 3. The van der Waals surface area contributed by atoms with Gasteiger partial charge in [-0.05, 0) is 41.5 Å². The maximum atomic E-state index is 12.6. The Balaban J connectivity index is 1.30. The van der Waals surface area contributed by atoms with E-state index in [4.69, 9.17) is 10.1 Å². The first-order valence-corrected chi connectivity index (χ1v) is 12.4. The van der Waals surface area contributed by atoms with E-state index in [2.05, 4.69) is 9.39 Å². The molecule has 0 radical (unpaired) electrons. The first-order valence-electron chi connectivity index (χ1n) is 10.6. The van der Waals surface area contributed by atoms with E-state index in [1.165, 1.54) is 11.8 Å². The van der Waals surface area contributed by atoms with Crippen LogP contribution < -0.4 is 4.74 Å². The van der Waals surface area contributed by atoms with Crippen LogP contribution in [0.25, 0.3) is 6.08 Å². The van der Waals surface area contributed by atoms with Gasteiger partial charge in [0.2, 0.25) is 5.17 Å². The summed E-state index contributed by atoms with van der Waals surface area (Å²) in [5, 5.41) is 9.68. The molecule has 3 aromatic carbocycles. The van der Waals surface area contributed by atoms with Crippen LogP contribution in [0.1, 0.15) is 21.5 Å². The Morgan fingerprint density at radius 2 is 1.69 bits per heavy atom. The van der Waals surface area contributed by atoms with E-state index < -0.39 is 11.9 Å². The summed E-state index contributed by atoms with van der Waals surface area (Å²) in [7, 11) is 0. The fourth-order valence-corrected chi connectivity index (χ4v) is 5.16. The number of carbonyl (C=O) groups excluding carboxylic acids is 2. The molecule has 0 unspecified atom stereocenters. The topological polar surface area (TPSA) is 95.2 Å². The van der Waals surface area contributed by atoms with Gasteiger partial charge in [-0.2, -0.15) is 9.39 Å². The van der Waals surface area contributed by atoms with Gasteiger partial charge in [-0.1, -0.05) is 72.4 Å². The highest BCUT2D eigenvalue weighted by atomic mass is 32.2. The zero-order valence-corrected chi connectivity index (χ0v) is 19.9. The summed E-state index contributed by atoms with van der Waals surface area (Å²) in [6.07, 6.45) is 1.61. The number of hydrogen-bond acceptors (Lipinski definition) is 7. The van der Waals surface area contributed by atoms with Gasteiger partial charge < -0.3 is 4.74 Å². The maximum Gasteiger partial charge on any atom is 0.343 e. The number of amides is 1. The van der Waals surface area contributed by atoms with Gasteiger partial charge in [0.15, 0.2) is 5.17 Å². The predicted molar refractivity (Wildman–Crippen MR) is 141 cm³/mol. The summed E-state index contributed by atoms with van der Waals surface area (Å²) in [5.74, 6) is 0.165. The number of nitrogens with one attached hydrogen (secondary N) is 1. The second-order valence-corrected chi connectivity index (χ2v) is 9.18. The van der Waals surface area contributed by atoms with Crippen molar-refractivity contribution in [3.63, 3.8) is 0 Å². The first kappa shape index (κ1) is 22.8. The molecule has 9 heteroatoms. The van der Waals surface area contributed by atoms with Gasteiger partial charge in [-0.15, -0.1) is 0 Å². The molecule has 172 valence electrons. The van der Waals surface area contributed by atoms with Gasteiger partial charge in [0.25, 0.3) is 5.91 Å². The number of thioether (sulfide) groups is 1. The lowest BCUT2D eigenvalue weighted by Crippen LogP contribution is -2.41. The Labute approximate surface area is 210 Å². The molecule has 5 rings (SSSR count). The molecule has 2 aliphatic heterocycles. The Morgan fingerprint density at radius 3 is 2.40 bits per heavy atom. The van der Waals surface area contributed by atoms with Crippen molar-refractivity contribution >= 4 is 57.8 Å².